The van der Waals surface area contributed by atoms with Crippen LogP contribution in [0, 0.1) is 0 Å². The van der Waals surface area contributed by atoms with Crippen molar-refractivity contribution in [3.8, 4) is 0 Å². The van der Waals surface area contributed by atoms with Gasteiger partial charge in [-0.15, -0.1) is 0 Å². The fourth-order valence-corrected chi connectivity index (χ4v) is 3.23. The van der Waals surface area contributed by atoms with Crippen LogP contribution in [0.1, 0.15) is 90.4 Å². The highest BCUT2D eigenvalue weighted by Gasteiger charge is 2.02. The molecule has 0 saturated heterocycles. The summed E-state index contributed by atoms with van der Waals surface area (Å²) >= 11 is 4.62. The Morgan fingerprint density at radius 2 is 1.52 bits per heavy atom. The van der Waals surface area contributed by atoms with Gasteiger partial charge in [-0.1, -0.05) is 70.1 Å². The third-order valence-electron chi connectivity index (χ3n) is 4.12. The lowest BCUT2D eigenvalue weighted by molar-refractivity contribution is -0.204. The zero-order chi connectivity index (χ0) is 18.8. The molecule has 0 bridgehead atoms. The van der Waals surface area contributed by atoms with Crippen molar-refractivity contribution in [1.29, 1.82) is 0 Å². The van der Waals surface area contributed by atoms with E-state index in [0.717, 1.165) is 32.1 Å². The maximum absolute atomic E-state index is 11.7. The first-order chi connectivity index (χ1) is 12.0. The van der Waals surface area contributed by atoms with Crippen molar-refractivity contribution in [3.05, 3.63) is 0 Å². The maximum atomic E-state index is 11.7. The number of nitrogens with one attached hydrogen (secondary N) is 1. The van der Waals surface area contributed by atoms with E-state index in [4.69, 9.17) is 4.52 Å². The van der Waals surface area contributed by atoms with Crippen molar-refractivity contribution >= 4 is 24.4 Å². The molecule has 0 aromatic rings. The van der Waals surface area contributed by atoms with Crippen LogP contribution >= 0.6 is 6.72 Å². The van der Waals surface area contributed by atoms with E-state index in [0.29, 0.717) is 19.6 Å². The largest absolute Gasteiger partial charge is 0.780 e. The van der Waals surface area contributed by atoms with Crippen LogP contribution in [0.5, 0.6) is 0 Å². The SMILES string of the molecule is CCCCCCCCCCCC(=O)NCCCCCOP([O-])(=S)OC. The van der Waals surface area contributed by atoms with E-state index in [2.05, 4.69) is 28.6 Å². The molecule has 1 amide bonds. The summed E-state index contributed by atoms with van der Waals surface area (Å²) in [5.41, 5.74) is 0. The summed E-state index contributed by atoms with van der Waals surface area (Å²) in [6, 6.07) is 0. The molecule has 1 unspecified atom stereocenters. The molecule has 0 aromatic heterocycles. The van der Waals surface area contributed by atoms with Gasteiger partial charge in [0, 0.05) is 20.1 Å². The van der Waals surface area contributed by atoms with E-state index in [9.17, 15) is 9.69 Å². The van der Waals surface area contributed by atoms with Gasteiger partial charge >= 0.3 is 0 Å². The molecule has 150 valence electrons. The Morgan fingerprint density at radius 1 is 0.960 bits per heavy atom. The van der Waals surface area contributed by atoms with Crippen molar-refractivity contribution in [3.63, 3.8) is 0 Å². The average Bonchev–Trinajstić information content (AvgIpc) is 2.59. The second kappa shape index (κ2) is 17.4. The molecule has 7 heteroatoms. The molecule has 0 saturated carbocycles. The van der Waals surface area contributed by atoms with Crippen molar-refractivity contribution in [2.45, 2.75) is 90.4 Å². The maximum Gasteiger partial charge on any atom is 0.219 e. The van der Waals surface area contributed by atoms with E-state index in [1.54, 1.807) is 0 Å². The molecule has 0 aromatic carbocycles. The summed E-state index contributed by atoms with van der Waals surface area (Å²) in [5, 5.41) is 2.95. The van der Waals surface area contributed by atoms with Crippen molar-refractivity contribution < 1.29 is 18.7 Å². The van der Waals surface area contributed by atoms with Crippen molar-refractivity contribution in [2.75, 3.05) is 20.3 Å². The van der Waals surface area contributed by atoms with E-state index in [-0.39, 0.29) is 5.91 Å². The minimum absolute atomic E-state index is 0.147. The Hall–Kier alpha value is -0.0000000000000000763. The van der Waals surface area contributed by atoms with Crippen molar-refractivity contribution in [2.24, 2.45) is 0 Å². The van der Waals surface area contributed by atoms with Gasteiger partial charge in [-0.05, 0) is 25.7 Å². The Labute approximate surface area is 159 Å². The van der Waals surface area contributed by atoms with Crippen LogP contribution in [-0.4, -0.2) is 26.2 Å². The highest BCUT2D eigenvalue weighted by atomic mass is 32.5. The van der Waals surface area contributed by atoms with E-state index >= 15 is 0 Å². The van der Waals surface area contributed by atoms with Gasteiger partial charge in [0.25, 0.3) is 0 Å². The van der Waals surface area contributed by atoms with Gasteiger partial charge in [0.15, 0.2) is 0 Å². The summed E-state index contributed by atoms with van der Waals surface area (Å²) in [6.45, 7) is 0.000476. The molecular weight excluding hydrogens is 357 g/mol. The first-order valence-corrected chi connectivity index (χ1v) is 12.4. The van der Waals surface area contributed by atoms with Gasteiger partial charge in [0.05, 0.1) is 6.61 Å². The molecule has 1 N–H and O–H groups in total. The van der Waals surface area contributed by atoms with Crippen LogP contribution in [0.2, 0.25) is 0 Å². The molecule has 0 aliphatic heterocycles. The third-order valence-corrected chi connectivity index (χ3v) is 5.83. The summed E-state index contributed by atoms with van der Waals surface area (Å²) in [6.07, 6.45) is 14.6. The van der Waals surface area contributed by atoms with Gasteiger partial charge in [0.2, 0.25) is 5.91 Å². The number of carbonyl (C=O) groups excluding carboxylic acids is 1. The van der Waals surface area contributed by atoms with Crippen LogP contribution in [0.25, 0.3) is 0 Å². The summed E-state index contributed by atoms with van der Waals surface area (Å²) in [4.78, 5) is 23.0. The lowest BCUT2D eigenvalue weighted by Gasteiger charge is -2.24. The lowest BCUT2D eigenvalue weighted by atomic mass is 10.1. The average molecular weight is 395 g/mol. The van der Waals surface area contributed by atoms with Gasteiger partial charge in [0.1, 0.15) is 6.72 Å². The zero-order valence-corrected chi connectivity index (χ0v) is 17.8. The quantitative estimate of drug-likeness (QED) is 0.275. The van der Waals surface area contributed by atoms with Gasteiger partial charge in [-0.3, -0.25) is 4.79 Å². The van der Waals surface area contributed by atoms with Crippen LogP contribution in [-0.2, 0) is 25.6 Å². The number of amides is 1. The molecule has 0 radical (unpaired) electrons. The number of hydrogen-bond acceptors (Lipinski definition) is 5. The highest BCUT2D eigenvalue weighted by Crippen LogP contribution is 2.37. The lowest BCUT2D eigenvalue weighted by Crippen LogP contribution is -2.24. The third kappa shape index (κ3) is 18.6. The minimum Gasteiger partial charge on any atom is -0.780 e. The van der Waals surface area contributed by atoms with Gasteiger partial charge in [-0.2, -0.15) is 0 Å². The number of rotatable bonds is 18. The predicted octanol–water partition coefficient (Wildman–Crippen LogP) is 4.44. The summed E-state index contributed by atoms with van der Waals surface area (Å²) in [7, 11) is 1.29. The minimum atomic E-state index is -3.26. The standard InChI is InChI=1S/C18H38NO4PS/c1-3-4-5-6-7-8-9-10-12-15-18(20)19-16-13-11-14-17-23-24(21,25)22-2/h3-17H2,1-2H3,(H,19,20)(H,21,25)/p-1. The summed E-state index contributed by atoms with van der Waals surface area (Å²) in [5.74, 6) is 0.147. The molecule has 0 fully saturated rings. The van der Waals surface area contributed by atoms with E-state index in [1.165, 1.54) is 52.1 Å². The van der Waals surface area contributed by atoms with Crippen LogP contribution < -0.4 is 10.2 Å². The smallest absolute Gasteiger partial charge is 0.219 e. The highest BCUT2D eigenvalue weighted by molar-refractivity contribution is 8.06. The Bertz CT molecular complexity index is 369. The summed E-state index contributed by atoms with van der Waals surface area (Å²) < 4.78 is 9.55. The second-order valence-corrected chi connectivity index (χ2v) is 9.31. The monoisotopic (exact) mass is 394 g/mol. The van der Waals surface area contributed by atoms with Crippen LogP contribution in [0.4, 0.5) is 0 Å². The Kier molecular flexibility index (Phi) is 17.4. The molecule has 0 heterocycles. The van der Waals surface area contributed by atoms with Crippen LogP contribution in [0.15, 0.2) is 0 Å². The van der Waals surface area contributed by atoms with E-state index in [1.807, 2.05) is 0 Å². The molecule has 5 nitrogen and oxygen atoms in total. The first kappa shape index (κ1) is 25.0. The molecule has 25 heavy (non-hydrogen) atoms. The molecular formula is C18H37NO4PS-. The molecule has 0 aliphatic rings. The fourth-order valence-electron chi connectivity index (χ4n) is 2.55. The van der Waals surface area contributed by atoms with Crippen LogP contribution in [0.3, 0.4) is 0 Å². The first-order valence-electron chi connectivity index (χ1n) is 9.80. The number of unbranched alkanes of at least 4 members (excludes halogenated alkanes) is 10. The Morgan fingerprint density at radius 3 is 2.12 bits per heavy atom. The molecule has 0 spiro atoms. The van der Waals surface area contributed by atoms with Gasteiger partial charge in [-0.25, -0.2) is 0 Å². The molecule has 0 rings (SSSR count). The molecule has 0 aliphatic carbocycles. The fraction of sp³-hybridized carbons (Fsp3) is 0.944. The van der Waals surface area contributed by atoms with Crippen molar-refractivity contribution in [1.82, 2.24) is 5.32 Å². The predicted molar refractivity (Wildman–Crippen MR) is 106 cm³/mol. The second-order valence-electron chi connectivity index (χ2n) is 6.45. The topological polar surface area (TPSA) is 70.6 Å². The molecule has 1 atom stereocenters. The normalized spacial score (nSPS) is 13.6. The zero-order valence-electron chi connectivity index (χ0n) is 16.1. The Balaban J connectivity index is 3.27. The number of hydrogen-bond donors (Lipinski definition) is 1. The van der Waals surface area contributed by atoms with Gasteiger partial charge < -0.3 is 19.3 Å². The van der Waals surface area contributed by atoms with E-state index < -0.39 is 6.72 Å². The number of carbonyl (C=O) groups is 1.